The number of benzene rings is 1. The largest absolute Gasteiger partial charge is 0.472 e. The summed E-state index contributed by atoms with van der Waals surface area (Å²) >= 11 is 0. The number of hydrogen-bond acceptors (Lipinski definition) is 2. The third-order valence-electron chi connectivity index (χ3n) is 2.40. The first-order valence-corrected chi connectivity index (χ1v) is 4.64. The van der Waals surface area contributed by atoms with E-state index in [0.717, 1.165) is 11.1 Å². The average molecular weight is 187 g/mol. The molecule has 0 spiro atoms. The maximum atomic E-state index is 5.62. The molecule has 0 saturated heterocycles. The molecule has 0 radical (unpaired) electrons. The molecule has 2 nitrogen and oxygen atoms in total. The Morgan fingerprint density at radius 1 is 1.14 bits per heavy atom. The number of aryl methyl sites for hydroxylation is 1. The minimum atomic E-state index is 0.514. The fourth-order valence-corrected chi connectivity index (χ4v) is 1.59. The maximum absolute atomic E-state index is 5.62. The van der Waals surface area contributed by atoms with Crippen molar-refractivity contribution in [2.45, 2.75) is 13.5 Å². The molecule has 0 aliphatic rings. The molecule has 2 aromatic rings. The van der Waals surface area contributed by atoms with Crippen LogP contribution < -0.4 is 5.73 Å². The summed E-state index contributed by atoms with van der Waals surface area (Å²) in [6.45, 7) is 2.60. The minimum Gasteiger partial charge on any atom is -0.472 e. The molecule has 2 N–H and O–H groups in total. The lowest BCUT2D eigenvalue weighted by atomic mass is 10.0. The predicted octanol–water partition coefficient (Wildman–Crippen LogP) is 2.71. The Labute approximate surface area is 83.4 Å². The molecule has 2 heteroatoms. The van der Waals surface area contributed by atoms with E-state index in [4.69, 9.17) is 10.2 Å². The van der Waals surface area contributed by atoms with Crippen molar-refractivity contribution in [3.63, 3.8) is 0 Å². The van der Waals surface area contributed by atoms with Gasteiger partial charge < -0.3 is 10.2 Å². The van der Waals surface area contributed by atoms with Crippen molar-refractivity contribution in [1.82, 2.24) is 0 Å². The first-order valence-electron chi connectivity index (χ1n) is 4.64. The van der Waals surface area contributed by atoms with Crippen LogP contribution in [0.15, 0.2) is 41.2 Å². The Kier molecular flexibility index (Phi) is 2.37. The van der Waals surface area contributed by atoms with Crippen LogP contribution in [0.3, 0.4) is 0 Å². The molecule has 1 aromatic carbocycles. The van der Waals surface area contributed by atoms with Crippen molar-refractivity contribution in [3.8, 4) is 11.1 Å². The summed E-state index contributed by atoms with van der Waals surface area (Å²) in [6.07, 6.45) is 3.46. The van der Waals surface area contributed by atoms with E-state index >= 15 is 0 Å². The Balaban J connectivity index is 2.54. The summed E-state index contributed by atoms with van der Waals surface area (Å²) in [5, 5.41) is 0. The molecule has 0 atom stereocenters. The van der Waals surface area contributed by atoms with Crippen LogP contribution in [0.25, 0.3) is 11.1 Å². The summed E-state index contributed by atoms with van der Waals surface area (Å²) in [7, 11) is 0. The van der Waals surface area contributed by atoms with Gasteiger partial charge in [0.2, 0.25) is 0 Å². The first-order chi connectivity index (χ1) is 6.83. The summed E-state index contributed by atoms with van der Waals surface area (Å²) in [5.41, 5.74) is 10.2. The number of nitrogens with two attached hydrogens (primary N) is 1. The fourth-order valence-electron chi connectivity index (χ4n) is 1.59. The monoisotopic (exact) mass is 187 g/mol. The lowest BCUT2D eigenvalue weighted by Crippen LogP contribution is -1.96. The van der Waals surface area contributed by atoms with E-state index in [-0.39, 0.29) is 0 Å². The highest BCUT2D eigenvalue weighted by atomic mass is 16.3. The van der Waals surface area contributed by atoms with Crippen LogP contribution in [0.4, 0.5) is 0 Å². The van der Waals surface area contributed by atoms with Gasteiger partial charge >= 0.3 is 0 Å². The van der Waals surface area contributed by atoms with Crippen LogP contribution >= 0.6 is 0 Å². The molecular weight excluding hydrogens is 174 g/mol. The zero-order chi connectivity index (χ0) is 9.97. The van der Waals surface area contributed by atoms with E-state index in [2.05, 4.69) is 19.1 Å². The van der Waals surface area contributed by atoms with Crippen LogP contribution in [0, 0.1) is 6.92 Å². The van der Waals surface area contributed by atoms with E-state index in [1.165, 1.54) is 11.1 Å². The van der Waals surface area contributed by atoms with Gasteiger partial charge in [0.1, 0.15) is 0 Å². The number of hydrogen-bond donors (Lipinski definition) is 1. The van der Waals surface area contributed by atoms with Crippen LogP contribution in [0.5, 0.6) is 0 Å². The van der Waals surface area contributed by atoms with Crippen LogP contribution in [-0.2, 0) is 6.54 Å². The molecular formula is C12H13NO. The second-order valence-electron chi connectivity index (χ2n) is 3.33. The molecule has 0 fully saturated rings. The Bertz CT molecular complexity index is 431. The van der Waals surface area contributed by atoms with Gasteiger partial charge in [-0.25, -0.2) is 0 Å². The van der Waals surface area contributed by atoms with Crippen molar-refractivity contribution in [2.75, 3.05) is 0 Å². The van der Waals surface area contributed by atoms with Gasteiger partial charge in [-0.05, 0) is 18.1 Å². The standard InChI is InChI=1S/C12H13NO/c1-9-4-2-3-5-11(9)12-8-14-7-10(12)6-13/h2-5,7-8H,6,13H2,1H3. The second-order valence-corrected chi connectivity index (χ2v) is 3.33. The van der Waals surface area contributed by atoms with Crippen molar-refractivity contribution in [1.29, 1.82) is 0 Å². The normalized spacial score (nSPS) is 10.4. The molecule has 1 heterocycles. The van der Waals surface area contributed by atoms with Crippen LogP contribution in [0.1, 0.15) is 11.1 Å². The third kappa shape index (κ3) is 1.44. The Morgan fingerprint density at radius 3 is 2.64 bits per heavy atom. The lowest BCUT2D eigenvalue weighted by molar-refractivity contribution is 0.564. The predicted molar refractivity (Wildman–Crippen MR) is 56.8 cm³/mol. The highest BCUT2D eigenvalue weighted by molar-refractivity contribution is 5.69. The molecule has 0 amide bonds. The molecule has 14 heavy (non-hydrogen) atoms. The zero-order valence-electron chi connectivity index (χ0n) is 8.16. The van der Waals surface area contributed by atoms with E-state index in [1.807, 2.05) is 12.1 Å². The van der Waals surface area contributed by atoms with Crippen molar-refractivity contribution in [3.05, 3.63) is 47.9 Å². The highest BCUT2D eigenvalue weighted by Gasteiger charge is 2.07. The van der Waals surface area contributed by atoms with Crippen molar-refractivity contribution in [2.24, 2.45) is 5.73 Å². The summed E-state index contributed by atoms with van der Waals surface area (Å²) < 4.78 is 5.17. The van der Waals surface area contributed by atoms with E-state index in [0.29, 0.717) is 6.54 Å². The highest BCUT2D eigenvalue weighted by Crippen LogP contribution is 2.27. The van der Waals surface area contributed by atoms with Gasteiger partial charge in [-0.15, -0.1) is 0 Å². The summed E-state index contributed by atoms with van der Waals surface area (Å²) in [5.74, 6) is 0. The van der Waals surface area contributed by atoms with E-state index in [1.54, 1.807) is 12.5 Å². The molecule has 0 saturated carbocycles. The summed E-state index contributed by atoms with van der Waals surface area (Å²) in [4.78, 5) is 0. The van der Waals surface area contributed by atoms with Gasteiger partial charge in [0.05, 0.1) is 12.5 Å². The second kappa shape index (κ2) is 3.68. The first kappa shape index (κ1) is 9.03. The Morgan fingerprint density at radius 2 is 1.93 bits per heavy atom. The molecule has 0 bridgehead atoms. The van der Waals surface area contributed by atoms with Crippen LogP contribution in [-0.4, -0.2) is 0 Å². The van der Waals surface area contributed by atoms with Gasteiger partial charge in [-0.1, -0.05) is 24.3 Å². The summed E-state index contributed by atoms with van der Waals surface area (Å²) in [6, 6.07) is 8.22. The zero-order valence-corrected chi connectivity index (χ0v) is 8.16. The molecule has 2 rings (SSSR count). The Hall–Kier alpha value is -1.54. The van der Waals surface area contributed by atoms with Gasteiger partial charge in [-0.3, -0.25) is 0 Å². The van der Waals surface area contributed by atoms with Gasteiger partial charge in [-0.2, -0.15) is 0 Å². The smallest absolute Gasteiger partial charge is 0.0984 e. The fraction of sp³-hybridized carbons (Fsp3) is 0.167. The molecule has 1 aromatic heterocycles. The molecule has 0 aliphatic heterocycles. The SMILES string of the molecule is Cc1ccccc1-c1cocc1CN. The average Bonchev–Trinajstić information content (AvgIpc) is 2.66. The minimum absolute atomic E-state index is 0.514. The van der Waals surface area contributed by atoms with Crippen molar-refractivity contribution >= 4 is 0 Å². The van der Waals surface area contributed by atoms with Gasteiger partial charge in [0.15, 0.2) is 0 Å². The van der Waals surface area contributed by atoms with E-state index < -0.39 is 0 Å². The number of furan rings is 1. The van der Waals surface area contributed by atoms with Crippen LogP contribution in [0.2, 0.25) is 0 Å². The molecule has 0 unspecified atom stereocenters. The van der Waals surface area contributed by atoms with Gasteiger partial charge in [0, 0.05) is 17.7 Å². The number of rotatable bonds is 2. The maximum Gasteiger partial charge on any atom is 0.0984 e. The van der Waals surface area contributed by atoms with Crippen molar-refractivity contribution < 1.29 is 4.42 Å². The molecule has 0 aliphatic carbocycles. The lowest BCUT2D eigenvalue weighted by Gasteiger charge is -2.04. The third-order valence-corrected chi connectivity index (χ3v) is 2.40. The van der Waals surface area contributed by atoms with E-state index in [9.17, 15) is 0 Å². The molecule has 72 valence electrons. The quantitative estimate of drug-likeness (QED) is 0.785. The van der Waals surface area contributed by atoms with Gasteiger partial charge in [0.25, 0.3) is 0 Å². The topological polar surface area (TPSA) is 39.2 Å².